The van der Waals surface area contributed by atoms with Crippen molar-refractivity contribution in [2.75, 3.05) is 49.9 Å². The van der Waals surface area contributed by atoms with Gasteiger partial charge in [0.2, 0.25) is 0 Å². The second-order valence-corrected chi connectivity index (χ2v) is 10.3. The molecular formula is C24H31ClN4OS2. The van der Waals surface area contributed by atoms with Gasteiger partial charge in [-0.2, -0.15) is 0 Å². The number of carbonyl (C=O) groups is 1. The van der Waals surface area contributed by atoms with E-state index in [1.807, 2.05) is 24.3 Å². The van der Waals surface area contributed by atoms with Crippen LogP contribution >= 0.6 is 35.5 Å². The van der Waals surface area contributed by atoms with Gasteiger partial charge in [0.05, 0.1) is 10.2 Å². The molecule has 1 saturated heterocycles. The number of amides is 1. The molecule has 3 aromatic rings. The number of hydrogen-bond donors (Lipinski definition) is 1. The maximum absolute atomic E-state index is 12.4. The van der Waals surface area contributed by atoms with E-state index < -0.39 is 0 Å². The summed E-state index contributed by atoms with van der Waals surface area (Å²) in [5, 5.41) is 4.18. The van der Waals surface area contributed by atoms with Crippen molar-refractivity contribution in [1.29, 1.82) is 0 Å². The van der Waals surface area contributed by atoms with Crippen molar-refractivity contribution >= 4 is 56.8 Å². The molecule has 4 rings (SSSR count). The summed E-state index contributed by atoms with van der Waals surface area (Å²) < 4.78 is 1.28. The molecule has 2 heterocycles. The molecule has 1 amide bonds. The Morgan fingerprint density at radius 2 is 1.84 bits per heavy atom. The first-order valence-electron chi connectivity index (χ1n) is 10.9. The Hall–Kier alpha value is -1.80. The summed E-state index contributed by atoms with van der Waals surface area (Å²) in [5.74, 6) is 1.05. The lowest BCUT2D eigenvalue weighted by molar-refractivity contribution is 0.0947. The number of nitrogens with zero attached hydrogens (tertiary/aromatic N) is 3. The van der Waals surface area contributed by atoms with Crippen molar-refractivity contribution in [2.45, 2.75) is 25.7 Å². The number of aromatic nitrogens is 1. The highest BCUT2D eigenvalue weighted by atomic mass is 35.5. The standard InChI is InChI=1S/C24H30N4OS2.ClH/c1-4-30-20-7-5-19(6-8-20)23(29)25-9-10-27-11-13-28(14-12-27)24-26-22-18(3)15-17(2)16-21(22)31-24;/h5-8,15-16H,4,9-14H2,1-3H3,(H,25,29);1H. The number of anilines is 1. The SMILES string of the molecule is CCSc1ccc(C(=O)NCCN2CCN(c3nc4c(C)cc(C)cc4s3)CC2)cc1.Cl. The summed E-state index contributed by atoms with van der Waals surface area (Å²) >= 11 is 3.58. The summed E-state index contributed by atoms with van der Waals surface area (Å²) in [6.45, 7) is 11.9. The number of benzene rings is 2. The van der Waals surface area contributed by atoms with Crippen LogP contribution in [0.3, 0.4) is 0 Å². The van der Waals surface area contributed by atoms with Gasteiger partial charge in [-0.05, 0) is 61.1 Å². The topological polar surface area (TPSA) is 48.5 Å². The Balaban J connectivity index is 0.00000289. The fraction of sp³-hybridized carbons (Fsp3) is 0.417. The summed E-state index contributed by atoms with van der Waals surface area (Å²) in [6, 6.07) is 12.3. The minimum atomic E-state index is 0. The van der Waals surface area contributed by atoms with Crippen LogP contribution in [0.4, 0.5) is 5.13 Å². The maximum atomic E-state index is 12.4. The van der Waals surface area contributed by atoms with E-state index in [1.165, 1.54) is 20.7 Å². The molecule has 0 atom stereocenters. The molecule has 0 aliphatic carbocycles. The van der Waals surface area contributed by atoms with E-state index in [4.69, 9.17) is 4.98 Å². The second kappa shape index (κ2) is 11.4. The Kier molecular flexibility index (Phi) is 8.82. The molecule has 1 aromatic heterocycles. The third-order valence-electron chi connectivity index (χ3n) is 5.60. The molecule has 0 radical (unpaired) electrons. The predicted octanol–water partition coefficient (Wildman–Crippen LogP) is 5.00. The number of piperazine rings is 1. The quantitative estimate of drug-likeness (QED) is 0.472. The molecule has 2 aromatic carbocycles. The molecule has 1 aliphatic heterocycles. The molecule has 0 spiro atoms. The summed E-state index contributed by atoms with van der Waals surface area (Å²) in [7, 11) is 0. The van der Waals surface area contributed by atoms with Gasteiger partial charge in [0.15, 0.2) is 5.13 Å². The first kappa shape index (κ1) is 24.8. The molecule has 5 nitrogen and oxygen atoms in total. The van der Waals surface area contributed by atoms with Crippen molar-refractivity contribution in [3.63, 3.8) is 0 Å². The van der Waals surface area contributed by atoms with Crippen molar-refractivity contribution < 1.29 is 4.79 Å². The molecule has 0 bridgehead atoms. The largest absolute Gasteiger partial charge is 0.351 e. The van der Waals surface area contributed by atoms with Crippen molar-refractivity contribution in [3.8, 4) is 0 Å². The molecule has 0 unspecified atom stereocenters. The van der Waals surface area contributed by atoms with E-state index in [1.54, 1.807) is 23.1 Å². The minimum absolute atomic E-state index is 0. The highest BCUT2D eigenvalue weighted by molar-refractivity contribution is 7.99. The molecule has 1 N–H and O–H groups in total. The third-order valence-corrected chi connectivity index (χ3v) is 7.56. The predicted molar refractivity (Wildman–Crippen MR) is 140 cm³/mol. The van der Waals surface area contributed by atoms with Crippen LogP contribution < -0.4 is 10.2 Å². The van der Waals surface area contributed by atoms with Gasteiger partial charge in [-0.1, -0.05) is 24.3 Å². The third kappa shape index (κ3) is 5.95. The van der Waals surface area contributed by atoms with Gasteiger partial charge in [-0.15, -0.1) is 24.2 Å². The smallest absolute Gasteiger partial charge is 0.251 e. The van der Waals surface area contributed by atoms with Gasteiger partial charge < -0.3 is 10.2 Å². The number of halogens is 1. The number of aryl methyl sites for hydroxylation is 2. The Bertz CT molecular complexity index is 1050. The molecule has 1 aliphatic rings. The van der Waals surface area contributed by atoms with Gasteiger partial charge in [-0.3, -0.25) is 9.69 Å². The molecule has 8 heteroatoms. The van der Waals surface area contributed by atoms with Crippen molar-refractivity contribution in [3.05, 3.63) is 53.1 Å². The van der Waals surface area contributed by atoms with Crippen molar-refractivity contribution in [1.82, 2.24) is 15.2 Å². The summed E-state index contributed by atoms with van der Waals surface area (Å²) in [6.07, 6.45) is 0. The van der Waals surface area contributed by atoms with Gasteiger partial charge in [0.1, 0.15) is 0 Å². The van der Waals surface area contributed by atoms with Crippen LogP contribution in [0.25, 0.3) is 10.2 Å². The zero-order valence-electron chi connectivity index (χ0n) is 18.9. The van der Waals surface area contributed by atoms with E-state index in [2.05, 4.69) is 48.0 Å². The van der Waals surface area contributed by atoms with Gasteiger partial charge in [0.25, 0.3) is 5.91 Å². The normalized spacial score (nSPS) is 14.4. The van der Waals surface area contributed by atoms with E-state index in [9.17, 15) is 4.79 Å². The molecule has 0 saturated carbocycles. The lowest BCUT2D eigenvalue weighted by Crippen LogP contribution is -2.48. The number of thiazole rings is 1. The van der Waals surface area contributed by atoms with Crippen LogP contribution in [0.15, 0.2) is 41.3 Å². The van der Waals surface area contributed by atoms with Crippen LogP contribution in [-0.4, -0.2) is 60.8 Å². The molecule has 172 valence electrons. The molecule has 32 heavy (non-hydrogen) atoms. The van der Waals surface area contributed by atoms with E-state index in [0.717, 1.165) is 54.7 Å². The molecule has 1 fully saturated rings. The second-order valence-electron chi connectivity index (χ2n) is 7.97. The molecular weight excluding hydrogens is 460 g/mol. The van der Waals surface area contributed by atoms with Crippen LogP contribution in [0.2, 0.25) is 0 Å². The Labute approximate surface area is 205 Å². The summed E-state index contributed by atoms with van der Waals surface area (Å²) in [4.78, 5) is 23.3. The van der Waals surface area contributed by atoms with Crippen LogP contribution in [0.1, 0.15) is 28.4 Å². The number of hydrogen-bond acceptors (Lipinski definition) is 6. The van der Waals surface area contributed by atoms with Crippen LogP contribution in [0, 0.1) is 13.8 Å². The average molecular weight is 491 g/mol. The maximum Gasteiger partial charge on any atom is 0.251 e. The lowest BCUT2D eigenvalue weighted by atomic mass is 10.1. The number of fused-ring (bicyclic) bond motifs is 1. The number of thioether (sulfide) groups is 1. The number of carbonyl (C=O) groups excluding carboxylic acids is 1. The zero-order chi connectivity index (χ0) is 21.8. The first-order valence-corrected chi connectivity index (χ1v) is 12.7. The minimum Gasteiger partial charge on any atom is -0.351 e. The average Bonchev–Trinajstić information content (AvgIpc) is 3.19. The number of nitrogens with one attached hydrogen (secondary N) is 1. The van der Waals surface area contributed by atoms with E-state index in [0.29, 0.717) is 6.54 Å². The first-order chi connectivity index (χ1) is 15.0. The van der Waals surface area contributed by atoms with Crippen molar-refractivity contribution in [2.24, 2.45) is 0 Å². The van der Waals surface area contributed by atoms with Gasteiger partial charge >= 0.3 is 0 Å². The van der Waals surface area contributed by atoms with Gasteiger partial charge in [0, 0.05) is 49.7 Å². The highest BCUT2D eigenvalue weighted by Gasteiger charge is 2.20. The van der Waals surface area contributed by atoms with Gasteiger partial charge in [-0.25, -0.2) is 4.98 Å². The highest BCUT2D eigenvalue weighted by Crippen LogP contribution is 2.32. The monoisotopic (exact) mass is 490 g/mol. The van der Waals surface area contributed by atoms with Crippen LogP contribution in [-0.2, 0) is 0 Å². The van der Waals surface area contributed by atoms with Crippen LogP contribution in [0.5, 0.6) is 0 Å². The zero-order valence-corrected chi connectivity index (χ0v) is 21.3. The van der Waals surface area contributed by atoms with E-state index in [-0.39, 0.29) is 18.3 Å². The van der Waals surface area contributed by atoms with E-state index >= 15 is 0 Å². The summed E-state index contributed by atoms with van der Waals surface area (Å²) in [5.41, 5.74) is 4.41. The Morgan fingerprint density at radius 3 is 2.53 bits per heavy atom. The lowest BCUT2D eigenvalue weighted by Gasteiger charge is -2.34. The fourth-order valence-electron chi connectivity index (χ4n) is 3.96. The number of rotatable bonds is 7. The fourth-order valence-corrected chi connectivity index (χ4v) is 5.81. The Morgan fingerprint density at radius 1 is 1.12 bits per heavy atom.